The van der Waals surface area contributed by atoms with Crippen LogP contribution in [0.1, 0.15) is 12.5 Å². The summed E-state index contributed by atoms with van der Waals surface area (Å²) in [5.41, 5.74) is -0.150. The first-order valence-corrected chi connectivity index (χ1v) is 6.17. The van der Waals surface area contributed by atoms with Crippen LogP contribution in [0.25, 0.3) is 0 Å². The third-order valence-corrected chi connectivity index (χ3v) is 3.49. The van der Waals surface area contributed by atoms with E-state index in [4.69, 9.17) is 4.74 Å². The van der Waals surface area contributed by atoms with Gasteiger partial charge in [0.15, 0.2) is 0 Å². The lowest BCUT2D eigenvalue weighted by Crippen LogP contribution is -2.50. The Morgan fingerprint density at radius 1 is 1.42 bits per heavy atom. The van der Waals surface area contributed by atoms with Crippen molar-refractivity contribution in [2.24, 2.45) is 5.41 Å². The normalized spacial score (nSPS) is 26.1. The Hall–Kier alpha value is -1.88. The number of aliphatic carboxylic acids is 1. The SMILES string of the molecule is CC1(C(=O)O)COCC1NC(=O)Cc1ccccc1. The number of carboxylic acid groups (broad SMARTS) is 1. The minimum atomic E-state index is -1.05. The molecule has 0 bridgehead atoms. The molecule has 0 aromatic heterocycles. The average molecular weight is 263 g/mol. The van der Waals surface area contributed by atoms with Gasteiger partial charge < -0.3 is 15.2 Å². The number of benzene rings is 1. The highest BCUT2D eigenvalue weighted by atomic mass is 16.5. The molecule has 1 aromatic carbocycles. The fourth-order valence-electron chi connectivity index (χ4n) is 2.11. The summed E-state index contributed by atoms with van der Waals surface area (Å²) >= 11 is 0. The van der Waals surface area contributed by atoms with E-state index in [1.807, 2.05) is 30.3 Å². The maximum Gasteiger partial charge on any atom is 0.313 e. The van der Waals surface area contributed by atoms with Crippen molar-refractivity contribution in [2.45, 2.75) is 19.4 Å². The number of hydrogen-bond acceptors (Lipinski definition) is 3. The largest absolute Gasteiger partial charge is 0.481 e. The molecule has 1 saturated heterocycles. The van der Waals surface area contributed by atoms with Crippen molar-refractivity contribution in [1.82, 2.24) is 5.32 Å². The molecule has 0 radical (unpaired) electrons. The number of nitrogens with one attached hydrogen (secondary N) is 1. The van der Waals surface area contributed by atoms with Crippen molar-refractivity contribution in [3.63, 3.8) is 0 Å². The molecule has 5 nitrogen and oxygen atoms in total. The fraction of sp³-hybridized carbons (Fsp3) is 0.429. The monoisotopic (exact) mass is 263 g/mol. The number of ether oxygens (including phenoxy) is 1. The molecule has 2 atom stereocenters. The second-order valence-electron chi connectivity index (χ2n) is 5.02. The van der Waals surface area contributed by atoms with E-state index in [2.05, 4.69) is 5.32 Å². The number of carbonyl (C=O) groups excluding carboxylic acids is 1. The maximum absolute atomic E-state index is 11.9. The highest BCUT2D eigenvalue weighted by molar-refractivity contribution is 5.81. The van der Waals surface area contributed by atoms with Gasteiger partial charge >= 0.3 is 5.97 Å². The zero-order valence-corrected chi connectivity index (χ0v) is 10.8. The van der Waals surface area contributed by atoms with E-state index >= 15 is 0 Å². The van der Waals surface area contributed by atoms with Gasteiger partial charge in [-0.15, -0.1) is 0 Å². The lowest BCUT2D eigenvalue weighted by atomic mass is 9.85. The molecular formula is C14H17NO4. The minimum Gasteiger partial charge on any atom is -0.481 e. The molecular weight excluding hydrogens is 246 g/mol. The second-order valence-corrected chi connectivity index (χ2v) is 5.02. The van der Waals surface area contributed by atoms with Crippen molar-refractivity contribution in [1.29, 1.82) is 0 Å². The van der Waals surface area contributed by atoms with Gasteiger partial charge in [0, 0.05) is 0 Å². The Bertz CT molecular complexity index is 474. The smallest absolute Gasteiger partial charge is 0.313 e. The molecule has 1 amide bonds. The Balaban J connectivity index is 1.97. The zero-order valence-electron chi connectivity index (χ0n) is 10.8. The van der Waals surface area contributed by atoms with E-state index in [1.165, 1.54) is 0 Å². The minimum absolute atomic E-state index is 0.124. The predicted octanol–water partition coefficient (Wildman–Crippen LogP) is 0.835. The van der Waals surface area contributed by atoms with Crippen molar-refractivity contribution in [3.8, 4) is 0 Å². The van der Waals surface area contributed by atoms with Crippen LogP contribution in [0.15, 0.2) is 30.3 Å². The molecule has 0 spiro atoms. The molecule has 2 rings (SSSR count). The van der Waals surface area contributed by atoms with Crippen molar-refractivity contribution < 1.29 is 19.4 Å². The Morgan fingerprint density at radius 2 is 2.11 bits per heavy atom. The van der Waals surface area contributed by atoms with Gasteiger partial charge in [-0.05, 0) is 12.5 Å². The number of rotatable bonds is 4. The predicted molar refractivity (Wildman–Crippen MR) is 68.6 cm³/mol. The van der Waals surface area contributed by atoms with Crippen LogP contribution in [0.2, 0.25) is 0 Å². The molecule has 1 aliphatic rings. The second kappa shape index (κ2) is 5.40. The molecule has 2 unspecified atom stereocenters. The Kier molecular flexibility index (Phi) is 3.85. The first kappa shape index (κ1) is 13.5. The molecule has 1 fully saturated rings. The summed E-state index contributed by atoms with van der Waals surface area (Å²) in [6.07, 6.45) is 0.243. The number of carboxylic acids is 1. The molecule has 1 heterocycles. The van der Waals surface area contributed by atoms with Crippen LogP contribution >= 0.6 is 0 Å². The van der Waals surface area contributed by atoms with E-state index in [0.717, 1.165) is 5.56 Å². The molecule has 102 valence electrons. The summed E-state index contributed by atoms with van der Waals surface area (Å²) in [5, 5.41) is 12.0. The van der Waals surface area contributed by atoms with Gasteiger partial charge in [-0.3, -0.25) is 9.59 Å². The fourth-order valence-corrected chi connectivity index (χ4v) is 2.11. The third kappa shape index (κ3) is 2.93. The van der Waals surface area contributed by atoms with E-state index in [1.54, 1.807) is 6.92 Å². The van der Waals surface area contributed by atoms with Crippen molar-refractivity contribution in [3.05, 3.63) is 35.9 Å². The summed E-state index contributed by atoms with van der Waals surface area (Å²) in [6.45, 7) is 1.96. The first-order valence-electron chi connectivity index (χ1n) is 6.17. The summed E-state index contributed by atoms with van der Waals surface area (Å²) in [6, 6.07) is 8.85. The number of hydrogen-bond donors (Lipinski definition) is 2. The number of carbonyl (C=O) groups is 2. The highest BCUT2D eigenvalue weighted by Gasteiger charge is 2.47. The van der Waals surface area contributed by atoms with Crippen LogP contribution < -0.4 is 5.32 Å². The number of amides is 1. The van der Waals surface area contributed by atoms with Crippen LogP contribution in [0.4, 0.5) is 0 Å². The molecule has 5 heteroatoms. The summed E-state index contributed by atoms with van der Waals surface area (Å²) < 4.78 is 5.19. The van der Waals surface area contributed by atoms with Crippen LogP contribution in [0, 0.1) is 5.41 Å². The summed E-state index contributed by atoms with van der Waals surface area (Å²) in [7, 11) is 0. The quantitative estimate of drug-likeness (QED) is 0.844. The van der Waals surface area contributed by atoms with Crippen LogP contribution in [0.3, 0.4) is 0 Å². The average Bonchev–Trinajstić information content (AvgIpc) is 2.73. The Morgan fingerprint density at radius 3 is 2.74 bits per heavy atom. The lowest BCUT2D eigenvalue weighted by molar-refractivity contribution is -0.149. The standard InChI is InChI=1S/C14H17NO4/c1-14(13(17)18)9-19-8-11(14)15-12(16)7-10-5-3-2-4-6-10/h2-6,11H,7-9H2,1H3,(H,15,16)(H,17,18). The highest BCUT2D eigenvalue weighted by Crippen LogP contribution is 2.28. The zero-order chi connectivity index (χ0) is 13.9. The molecule has 1 aliphatic heterocycles. The molecule has 0 aliphatic carbocycles. The van der Waals surface area contributed by atoms with E-state index < -0.39 is 17.4 Å². The maximum atomic E-state index is 11.9. The van der Waals surface area contributed by atoms with Gasteiger partial charge in [0.05, 0.1) is 25.7 Å². The van der Waals surface area contributed by atoms with Crippen molar-refractivity contribution >= 4 is 11.9 Å². The summed E-state index contributed by atoms with van der Waals surface area (Å²) in [5.74, 6) is -1.14. The van der Waals surface area contributed by atoms with Gasteiger partial charge in [-0.25, -0.2) is 0 Å². The van der Waals surface area contributed by atoms with E-state index in [-0.39, 0.29) is 25.5 Å². The van der Waals surface area contributed by atoms with Crippen molar-refractivity contribution in [2.75, 3.05) is 13.2 Å². The van der Waals surface area contributed by atoms with Crippen LogP contribution in [0.5, 0.6) is 0 Å². The molecule has 19 heavy (non-hydrogen) atoms. The Labute approximate surface area is 111 Å². The molecule has 0 saturated carbocycles. The van der Waals surface area contributed by atoms with Gasteiger partial charge in [0.25, 0.3) is 0 Å². The lowest BCUT2D eigenvalue weighted by Gasteiger charge is -2.25. The van der Waals surface area contributed by atoms with E-state index in [0.29, 0.717) is 0 Å². The molecule has 2 N–H and O–H groups in total. The van der Waals surface area contributed by atoms with Gasteiger partial charge in [0.1, 0.15) is 5.41 Å². The topological polar surface area (TPSA) is 75.6 Å². The van der Waals surface area contributed by atoms with E-state index in [9.17, 15) is 14.7 Å². The first-order chi connectivity index (χ1) is 9.02. The van der Waals surface area contributed by atoms with Gasteiger partial charge in [-0.1, -0.05) is 30.3 Å². The third-order valence-electron chi connectivity index (χ3n) is 3.49. The summed E-state index contributed by atoms with van der Waals surface area (Å²) in [4.78, 5) is 23.2. The van der Waals surface area contributed by atoms with Gasteiger partial charge in [0.2, 0.25) is 5.91 Å². The van der Waals surface area contributed by atoms with Crippen LogP contribution in [-0.4, -0.2) is 36.2 Å². The van der Waals surface area contributed by atoms with Crippen LogP contribution in [-0.2, 0) is 20.7 Å². The van der Waals surface area contributed by atoms with Gasteiger partial charge in [-0.2, -0.15) is 0 Å². The molecule has 1 aromatic rings.